The summed E-state index contributed by atoms with van der Waals surface area (Å²) in [4.78, 5) is 19.8. The first-order valence-corrected chi connectivity index (χ1v) is 12.6. The Morgan fingerprint density at radius 2 is 1.78 bits per heavy atom. The van der Waals surface area contributed by atoms with Gasteiger partial charge < -0.3 is 19.3 Å². The molecule has 1 fully saturated rings. The highest BCUT2D eigenvalue weighted by Gasteiger charge is 2.35. The number of imidazole rings is 1. The number of hydrogen-bond donors (Lipinski definition) is 1. The number of hydrogen-bond acceptors (Lipinski definition) is 4. The molecule has 1 aliphatic rings. The van der Waals surface area contributed by atoms with Crippen LogP contribution in [-0.4, -0.2) is 39.8 Å². The van der Waals surface area contributed by atoms with Crippen molar-refractivity contribution in [3.8, 4) is 5.75 Å². The minimum absolute atomic E-state index is 0.0525. The molecule has 1 amide bonds. The van der Waals surface area contributed by atoms with E-state index in [1.54, 1.807) is 0 Å². The van der Waals surface area contributed by atoms with Gasteiger partial charge in [0.1, 0.15) is 24.3 Å². The fourth-order valence-electron chi connectivity index (χ4n) is 5.11. The maximum Gasteiger partial charge on any atom is 0.227 e. The van der Waals surface area contributed by atoms with Crippen LogP contribution in [0.1, 0.15) is 41.8 Å². The molecule has 0 spiro atoms. The summed E-state index contributed by atoms with van der Waals surface area (Å²) in [6, 6.07) is 22.2. The molecule has 0 bridgehead atoms. The average molecular weight is 484 g/mol. The summed E-state index contributed by atoms with van der Waals surface area (Å²) >= 11 is 0. The van der Waals surface area contributed by atoms with E-state index in [0.29, 0.717) is 19.5 Å². The van der Waals surface area contributed by atoms with E-state index < -0.39 is 6.10 Å². The lowest BCUT2D eigenvalue weighted by Gasteiger charge is -2.19. The first-order chi connectivity index (χ1) is 17.4. The number of aromatic nitrogens is 2. The average Bonchev–Trinajstić information content (AvgIpc) is 3.43. The zero-order valence-electron chi connectivity index (χ0n) is 21.1. The minimum Gasteiger partial charge on any atom is -0.491 e. The van der Waals surface area contributed by atoms with Crippen LogP contribution < -0.4 is 9.64 Å². The molecule has 0 unspecified atom stereocenters. The molecule has 1 aromatic heterocycles. The van der Waals surface area contributed by atoms with E-state index >= 15 is 0 Å². The van der Waals surface area contributed by atoms with Crippen molar-refractivity contribution in [1.82, 2.24) is 9.55 Å². The van der Waals surface area contributed by atoms with Crippen molar-refractivity contribution >= 4 is 22.6 Å². The third kappa shape index (κ3) is 5.00. The summed E-state index contributed by atoms with van der Waals surface area (Å²) in [6.45, 7) is 7.28. The maximum atomic E-state index is 13.0. The van der Waals surface area contributed by atoms with Gasteiger partial charge in [0.25, 0.3) is 0 Å². The highest BCUT2D eigenvalue weighted by Crippen LogP contribution is 2.33. The summed E-state index contributed by atoms with van der Waals surface area (Å²) in [6.07, 6.45) is 0.640. The van der Waals surface area contributed by atoms with Crippen LogP contribution in [0.3, 0.4) is 0 Å². The molecule has 0 radical (unpaired) electrons. The fraction of sp³-hybridized carbons (Fsp3) is 0.333. The van der Waals surface area contributed by atoms with Crippen LogP contribution in [0.2, 0.25) is 0 Å². The van der Waals surface area contributed by atoms with Gasteiger partial charge in [0.05, 0.1) is 17.6 Å². The molecule has 6 nitrogen and oxygen atoms in total. The molecule has 2 atom stereocenters. The summed E-state index contributed by atoms with van der Waals surface area (Å²) in [5.74, 6) is 1.64. The Kier molecular flexibility index (Phi) is 6.79. The molecule has 1 N–H and O–H groups in total. The standard InChI is InChI=1S/C30H33N3O3/c1-4-22-9-11-24(12-10-22)32-17-23(16-29(32)35)30-31-27-7-5-6-8-28(27)33(30)18-25(34)19-36-26-14-20(2)13-21(3)15-26/h5-15,23,25,34H,4,16-19H2,1-3H3/t23-,25+/m1/s1. The number of ether oxygens (including phenoxy) is 1. The zero-order valence-corrected chi connectivity index (χ0v) is 21.1. The van der Waals surface area contributed by atoms with Crippen molar-refractivity contribution in [3.05, 3.63) is 89.2 Å². The molecular weight excluding hydrogens is 450 g/mol. The van der Waals surface area contributed by atoms with Crippen molar-refractivity contribution in [2.75, 3.05) is 18.1 Å². The largest absolute Gasteiger partial charge is 0.491 e. The smallest absolute Gasteiger partial charge is 0.227 e. The minimum atomic E-state index is -0.725. The molecular formula is C30H33N3O3. The molecule has 1 aliphatic heterocycles. The van der Waals surface area contributed by atoms with Gasteiger partial charge in [-0.1, -0.05) is 37.3 Å². The van der Waals surface area contributed by atoms with E-state index in [4.69, 9.17) is 9.72 Å². The van der Waals surface area contributed by atoms with Gasteiger partial charge >= 0.3 is 0 Å². The number of para-hydroxylation sites is 2. The molecule has 3 aromatic carbocycles. The van der Waals surface area contributed by atoms with Gasteiger partial charge in [-0.25, -0.2) is 4.98 Å². The van der Waals surface area contributed by atoms with Crippen molar-refractivity contribution in [3.63, 3.8) is 0 Å². The summed E-state index contributed by atoms with van der Waals surface area (Å²) < 4.78 is 7.98. The SMILES string of the molecule is CCc1ccc(N2C[C@H](c3nc4ccccc4n3C[C@H](O)COc3cc(C)cc(C)c3)CC2=O)cc1. The lowest BCUT2D eigenvalue weighted by Crippen LogP contribution is -2.26. The topological polar surface area (TPSA) is 67.6 Å². The molecule has 2 heterocycles. The number of amides is 1. The number of carbonyl (C=O) groups excluding carboxylic acids is 1. The van der Waals surface area contributed by atoms with Gasteiger partial charge in [0.2, 0.25) is 5.91 Å². The number of benzene rings is 3. The maximum absolute atomic E-state index is 13.0. The Labute approximate surface area is 212 Å². The molecule has 0 aliphatic carbocycles. The lowest BCUT2D eigenvalue weighted by molar-refractivity contribution is -0.117. The van der Waals surface area contributed by atoms with Crippen LogP contribution >= 0.6 is 0 Å². The number of nitrogens with zero attached hydrogens (tertiary/aromatic N) is 3. The Morgan fingerprint density at radius 3 is 2.50 bits per heavy atom. The third-order valence-electron chi connectivity index (χ3n) is 6.86. The number of aliphatic hydroxyl groups is 1. The van der Waals surface area contributed by atoms with Gasteiger partial charge in [0, 0.05) is 24.6 Å². The summed E-state index contributed by atoms with van der Waals surface area (Å²) in [5, 5.41) is 10.9. The highest BCUT2D eigenvalue weighted by atomic mass is 16.5. The molecule has 4 aromatic rings. The number of aryl methyl sites for hydroxylation is 3. The van der Waals surface area contributed by atoms with Gasteiger partial charge in [-0.3, -0.25) is 4.79 Å². The molecule has 36 heavy (non-hydrogen) atoms. The van der Waals surface area contributed by atoms with Gasteiger partial charge in [-0.15, -0.1) is 0 Å². The number of aliphatic hydroxyl groups excluding tert-OH is 1. The molecule has 186 valence electrons. The van der Waals surface area contributed by atoms with Crippen molar-refractivity contribution in [2.45, 2.75) is 52.2 Å². The highest BCUT2D eigenvalue weighted by molar-refractivity contribution is 5.96. The molecule has 5 rings (SSSR count). The van der Waals surface area contributed by atoms with Gasteiger partial charge in [-0.2, -0.15) is 0 Å². The fourth-order valence-corrected chi connectivity index (χ4v) is 5.11. The second-order valence-corrected chi connectivity index (χ2v) is 9.78. The monoisotopic (exact) mass is 483 g/mol. The van der Waals surface area contributed by atoms with Crippen LogP contribution in [0.25, 0.3) is 11.0 Å². The number of rotatable bonds is 8. The Bertz CT molecular complexity index is 1360. The van der Waals surface area contributed by atoms with Gasteiger partial charge in [0.15, 0.2) is 0 Å². The van der Waals surface area contributed by atoms with Crippen molar-refractivity contribution in [2.24, 2.45) is 0 Å². The van der Waals surface area contributed by atoms with Gasteiger partial charge in [-0.05, 0) is 73.4 Å². The lowest BCUT2D eigenvalue weighted by atomic mass is 10.1. The summed E-state index contributed by atoms with van der Waals surface area (Å²) in [7, 11) is 0. The van der Waals surface area contributed by atoms with Crippen LogP contribution in [0.15, 0.2) is 66.7 Å². The number of carbonyl (C=O) groups is 1. The first-order valence-electron chi connectivity index (χ1n) is 12.6. The summed E-state index contributed by atoms with van der Waals surface area (Å²) in [5.41, 5.74) is 6.25. The number of fused-ring (bicyclic) bond motifs is 1. The predicted octanol–water partition coefficient (Wildman–Crippen LogP) is 5.18. The predicted molar refractivity (Wildman–Crippen MR) is 143 cm³/mol. The van der Waals surface area contributed by atoms with E-state index in [1.165, 1.54) is 5.56 Å². The van der Waals surface area contributed by atoms with E-state index in [0.717, 1.165) is 45.8 Å². The van der Waals surface area contributed by atoms with Crippen LogP contribution in [0.5, 0.6) is 5.75 Å². The Hall–Kier alpha value is -3.64. The Morgan fingerprint density at radius 1 is 1.06 bits per heavy atom. The normalized spacial score (nSPS) is 16.6. The first kappa shape index (κ1) is 24.1. The second-order valence-electron chi connectivity index (χ2n) is 9.78. The number of anilines is 1. The van der Waals surface area contributed by atoms with E-state index in [9.17, 15) is 9.90 Å². The second kappa shape index (κ2) is 10.2. The molecule has 0 saturated carbocycles. The molecule has 6 heteroatoms. The zero-order chi connectivity index (χ0) is 25.2. The van der Waals surface area contributed by atoms with E-state index in [2.05, 4.69) is 29.7 Å². The Balaban J connectivity index is 1.36. The van der Waals surface area contributed by atoms with E-state index in [-0.39, 0.29) is 18.4 Å². The van der Waals surface area contributed by atoms with Crippen LogP contribution in [-0.2, 0) is 17.8 Å². The van der Waals surface area contributed by atoms with E-state index in [1.807, 2.05) is 67.3 Å². The third-order valence-corrected chi connectivity index (χ3v) is 6.86. The molecule has 1 saturated heterocycles. The van der Waals surface area contributed by atoms with Crippen LogP contribution in [0, 0.1) is 13.8 Å². The van der Waals surface area contributed by atoms with Crippen LogP contribution in [0.4, 0.5) is 5.69 Å². The quantitative estimate of drug-likeness (QED) is 0.375. The van der Waals surface area contributed by atoms with Crippen molar-refractivity contribution < 1.29 is 14.6 Å². The van der Waals surface area contributed by atoms with Crippen molar-refractivity contribution in [1.29, 1.82) is 0 Å².